The number of para-hydroxylation sites is 1. The molecule has 0 radical (unpaired) electrons. The van der Waals surface area contributed by atoms with E-state index in [1.165, 1.54) is 4.90 Å². The first-order valence-corrected chi connectivity index (χ1v) is 7.57. The van der Waals surface area contributed by atoms with Gasteiger partial charge in [-0.15, -0.1) is 0 Å². The maximum absolute atomic E-state index is 12.7. The molecule has 2 aromatic rings. The number of halogens is 1. The highest BCUT2D eigenvalue weighted by atomic mass is 35.5. The van der Waals surface area contributed by atoms with E-state index in [1.54, 1.807) is 25.3 Å². The molecule has 2 aromatic carbocycles. The minimum Gasteiger partial charge on any atom is -0.497 e. The molecule has 1 N–H and O–H groups in total. The van der Waals surface area contributed by atoms with Gasteiger partial charge in [0.05, 0.1) is 29.9 Å². The number of amides is 1. The summed E-state index contributed by atoms with van der Waals surface area (Å²) in [7, 11) is 1.57. The number of benzene rings is 2. The van der Waals surface area contributed by atoms with Crippen LogP contribution >= 0.6 is 11.6 Å². The normalized spacial score (nSPS) is 14.8. The first kappa shape index (κ1) is 16.1. The first-order valence-electron chi connectivity index (χ1n) is 7.19. The lowest BCUT2D eigenvalue weighted by molar-refractivity contribution is -0.131. The molecule has 122 valence electrons. The molecule has 1 aliphatic rings. The zero-order valence-corrected chi connectivity index (χ0v) is 13.6. The van der Waals surface area contributed by atoms with Crippen molar-refractivity contribution in [2.24, 2.45) is 0 Å². The number of hydrogen-bond donors (Lipinski definition) is 1. The van der Waals surface area contributed by atoms with Crippen LogP contribution in [0.5, 0.6) is 5.75 Å². The third-order valence-electron chi connectivity index (χ3n) is 3.77. The Bertz CT molecular complexity index is 860. The number of carbonyl (C=O) groups is 2. The fraction of sp³-hybridized carbons (Fsp3) is 0.111. The molecule has 0 saturated heterocycles. The number of ether oxygens (including phenoxy) is 1. The second-order valence-electron chi connectivity index (χ2n) is 5.28. The smallest absolute Gasteiger partial charge is 0.329 e. The molecule has 1 heterocycles. The second kappa shape index (κ2) is 6.37. The van der Waals surface area contributed by atoms with Gasteiger partial charge >= 0.3 is 5.97 Å². The lowest BCUT2D eigenvalue weighted by atomic mass is 10.1. The van der Waals surface area contributed by atoms with Crippen molar-refractivity contribution in [3.63, 3.8) is 0 Å². The topological polar surface area (TPSA) is 66.8 Å². The third kappa shape index (κ3) is 2.86. The largest absolute Gasteiger partial charge is 0.497 e. The van der Waals surface area contributed by atoms with E-state index in [-0.39, 0.29) is 18.0 Å². The molecule has 0 aromatic heterocycles. The SMILES string of the molecule is COc1cccc(CN2C(=O)C(=CC(=O)O)c3cccc(Cl)c32)c1. The average Bonchev–Trinajstić information content (AvgIpc) is 2.81. The molecule has 0 fully saturated rings. The van der Waals surface area contributed by atoms with Crippen molar-refractivity contribution in [1.82, 2.24) is 0 Å². The van der Waals surface area contributed by atoms with Crippen LogP contribution in [0.1, 0.15) is 11.1 Å². The van der Waals surface area contributed by atoms with Crippen LogP contribution in [0.25, 0.3) is 5.57 Å². The van der Waals surface area contributed by atoms with E-state index >= 15 is 0 Å². The summed E-state index contributed by atoms with van der Waals surface area (Å²) in [5.41, 5.74) is 2.03. The van der Waals surface area contributed by atoms with E-state index in [0.717, 1.165) is 11.6 Å². The number of carbonyl (C=O) groups excluding carboxylic acids is 1. The van der Waals surface area contributed by atoms with Crippen LogP contribution in [0, 0.1) is 0 Å². The van der Waals surface area contributed by atoms with Gasteiger partial charge in [0.25, 0.3) is 5.91 Å². The molecule has 24 heavy (non-hydrogen) atoms. The molecule has 3 rings (SSSR count). The Hall–Kier alpha value is -2.79. The summed E-state index contributed by atoms with van der Waals surface area (Å²) in [5.74, 6) is -0.879. The molecule has 5 nitrogen and oxygen atoms in total. The summed E-state index contributed by atoms with van der Waals surface area (Å²) >= 11 is 6.26. The van der Waals surface area contributed by atoms with Gasteiger partial charge < -0.3 is 14.7 Å². The molecule has 0 saturated carbocycles. The zero-order chi connectivity index (χ0) is 17.3. The van der Waals surface area contributed by atoms with Gasteiger partial charge in [0.15, 0.2) is 0 Å². The maximum Gasteiger partial charge on any atom is 0.329 e. The fourth-order valence-electron chi connectivity index (χ4n) is 2.74. The Balaban J connectivity index is 2.05. The quantitative estimate of drug-likeness (QED) is 0.864. The van der Waals surface area contributed by atoms with E-state index in [1.807, 2.05) is 24.3 Å². The van der Waals surface area contributed by atoms with Crippen LogP contribution in [0.3, 0.4) is 0 Å². The van der Waals surface area contributed by atoms with Gasteiger partial charge in [-0.2, -0.15) is 0 Å². The summed E-state index contributed by atoms with van der Waals surface area (Å²) in [6.45, 7) is 0.268. The molecule has 6 heteroatoms. The summed E-state index contributed by atoms with van der Waals surface area (Å²) in [6.07, 6.45) is 0.920. The van der Waals surface area contributed by atoms with Crippen LogP contribution < -0.4 is 9.64 Å². The Kier molecular flexibility index (Phi) is 4.27. The summed E-state index contributed by atoms with van der Waals surface area (Å²) < 4.78 is 5.19. The van der Waals surface area contributed by atoms with E-state index in [9.17, 15) is 9.59 Å². The summed E-state index contributed by atoms with van der Waals surface area (Å²) in [5, 5.41) is 9.43. The zero-order valence-electron chi connectivity index (χ0n) is 12.8. The van der Waals surface area contributed by atoms with Gasteiger partial charge in [0, 0.05) is 11.6 Å². The molecular weight excluding hydrogens is 330 g/mol. The highest BCUT2D eigenvalue weighted by Crippen LogP contribution is 2.42. The molecule has 0 atom stereocenters. The predicted octanol–water partition coefficient (Wildman–Crippen LogP) is 3.36. The summed E-state index contributed by atoms with van der Waals surface area (Å²) in [4.78, 5) is 25.2. The van der Waals surface area contributed by atoms with Crippen LogP contribution in [0.15, 0.2) is 48.5 Å². The fourth-order valence-corrected chi connectivity index (χ4v) is 3.01. The number of carboxylic acid groups (broad SMARTS) is 1. The minimum atomic E-state index is -1.17. The maximum atomic E-state index is 12.7. The predicted molar refractivity (Wildman–Crippen MR) is 91.2 cm³/mol. The number of anilines is 1. The van der Waals surface area contributed by atoms with Crippen molar-refractivity contribution in [1.29, 1.82) is 0 Å². The molecule has 0 bridgehead atoms. The summed E-state index contributed by atoms with van der Waals surface area (Å²) in [6, 6.07) is 12.4. The van der Waals surface area contributed by atoms with Crippen LogP contribution in [-0.2, 0) is 16.1 Å². The molecular formula is C18H14ClNO4. The molecule has 1 amide bonds. The van der Waals surface area contributed by atoms with Crippen molar-refractivity contribution in [2.45, 2.75) is 6.54 Å². The van der Waals surface area contributed by atoms with Crippen LogP contribution in [-0.4, -0.2) is 24.1 Å². The number of nitrogens with zero attached hydrogens (tertiary/aromatic N) is 1. The van der Waals surface area contributed by atoms with Crippen molar-refractivity contribution in [2.75, 3.05) is 12.0 Å². The van der Waals surface area contributed by atoms with Gasteiger partial charge in [-0.05, 0) is 23.8 Å². The van der Waals surface area contributed by atoms with Gasteiger partial charge in [-0.1, -0.05) is 35.9 Å². The first-order chi connectivity index (χ1) is 11.5. The van der Waals surface area contributed by atoms with Gasteiger partial charge in [0.1, 0.15) is 5.75 Å². The number of carboxylic acids is 1. The van der Waals surface area contributed by atoms with Crippen molar-refractivity contribution < 1.29 is 19.4 Å². The number of fused-ring (bicyclic) bond motifs is 1. The van der Waals surface area contributed by atoms with Crippen LogP contribution in [0.4, 0.5) is 5.69 Å². The van der Waals surface area contributed by atoms with E-state index < -0.39 is 5.97 Å². The number of rotatable bonds is 4. The molecule has 0 spiro atoms. The lowest BCUT2D eigenvalue weighted by Crippen LogP contribution is -2.26. The van der Waals surface area contributed by atoms with Crippen molar-refractivity contribution >= 4 is 34.7 Å². The van der Waals surface area contributed by atoms with Crippen molar-refractivity contribution in [3.05, 3.63) is 64.7 Å². The Morgan fingerprint density at radius 3 is 2.75 bits per heavy atom. The molecule has 1 aliphatic heterocycles. The lowest BCUT2D eigenvalue weighted by Gasteiger charge is -2.18. The van der Waals surface area contributed by atoms with Gasteiger partial charge in [0.2, 0.25) is 0 Å². The van der Waals surface area contributed by atoms with E-state index in [0.29, 0.717) is 22.0 Å². The Morgan fingerprint density at radius 1 is 1.29 bits per heavy atom. The van der Waals surface area contributed by atoms with Crippen LogP contribution in [0.2, 0.25) is 5.02 Å². The highest BCUT2D eigenvalue weighted by molar-refractivity contribution is 6.41. The number of hydrogen-bond acceptors (Lipinski definition) is 3. The average molecular weight is 344 g/mol. The van der Waals surface area contributed by atoms with Gasteiger partial charge in [-0.25, -0.2) is 4.79 Å². The van der Waals surface area contributed by atoms with E-state index in [4.69, 9.17) is 21.4 Å². The number of methoxy groups -OCH3 is 1. The highest BCUT2D eigenvalue weighted by Gasteiger charge is 2.34. The third-order valence-corrected chi connectivity index (χ3v) is 4.07. The molecule has 0 aliphatic carbocycles. The Labute approximate surface area is 143 Å². The number of aliphatic carboxylic acids is 1. The second-order valence-corrected chi connectivity index (χ2v) is 5.68. The standard InChI is InChI=1S/C18H14ClNO4/c1-24-12-5-2-4-11(8-12)10-20-17-13(6-3-7-15(17)19)14(18(20)23)9-16(21)22/h2-9H,10H2,1H3,(H,21,22). The molecule has 0 unspecified atom stereocenters. The monoisotopic (exact) mass is 343 g/mol. The van der Waals surface area contributed by atoms with Crippen molar-refractivity contribution in [3.8, 4) is 5.75 Å². The van der Waals surface area contributed by atoms with E-state index in [2.05, 4.69) is 0 Å². The minimum absolute atomic E-state index is 0.128. The van der Waals surface area contributed by atoms with Gasteiger partial charge in [-0.3, -0.25) is 4.79 Å². The Morgan fingerprint density at radius 2 is 2.04 bits per heavy atom.